The van der Waals surface area contributed by atoms with Gasteiger partial charge in [0, 0.05) is 0 Å². The minimum atomic E-state index is -0.141. The van der Waals surface area contributed by atoms with Crippen LogP contribution in [0.2, 0.25) is 0 Å². The molecule has 0 saturated carbocycles. The first-order valence-corrected chi connectivity index (χ1v) is 4.04. The molecule has 1 saturated heterocycles. The van der Waals surface area contributed by atoms with Crippen LogP contribution in [-0.2, 0) is 4.74 Å². The van der Waals surface area contributed by atoms with E-state index in [1.807, 2.05) is 0 Å². The van der Waals surface area contributed by atoms with Crippen molar-refractivity contribution in [3.8, 4) is 0 Å². The van der Waals surface area contributed by atoms with E-state index in [1.54, 1.807) is 0 Å². The number of rotatable bonds is 1. The minimum absolute atomic E-state index is 0. The first-order chi connectivity index (χ1) is 4.87. The Morgan fingerprint density at radius 2 is 1.83 bits per heavy atom. The summed E-state index contributed by atoms with van der Waals surface area (Å²) in [5, 5.41) is 0. The predicted octanol–water partition coefficient (Wildman–Crippen LogP) is 1.22. The molecule has 3 nitrogen and oxygen atoms in total. The van der Waals surface area contributed by atoms with Crippen LogP contribution < -0.4 is 11.3 Å². The lowest BCUT2D eigenvalue weighted by atomic mass is 9.95. The van der Waals surface area contributed by atoms with Crippen LogP contribution in [0.1, 0.15) is 34.1 Å². The molecule has 74 valence electrons. The van der Waals surface area contributed by atoms with E-state index in [0.29, 0.717) is 0 Å². The molecule has 1 heterocycles. The van der Waals surface area contributed by atoms with Gasteiger partial charge in [-0.2, -0.15) is 0 Å². The first-order valence-electron chi connectivity index (χ1n) is 4.04. The summed E-state index contributed by atoms with van der Waals surface area (Å²) in [6, 6.07) is 0.262. The monoisotopic (exact) mass is 194 g/mol. The smallest absolute Gasteiger partial charge is 0.0800 e. The molecule has 1 fully saturated rings. The molecule has 0 aromatic carbocycles. The molecule has 0 radical (unpaired) electrons. The van der Waals surface area contributed by atoms with Crippen molar-refractivity contribution in [1.29, 1.82) is 0 Å². The van der Waals surface area contributed by atoms with Gasteiger partial charge in [-0.25, -0.2) is 0 Å². The Kier molecular flexibility index (Phi) is 3.55. The quantitative estimate of drug-likeness (QED) is 0.488. The Balaban J connectivity index is 0.00000121. The lowest BCUT2D eigenvalue weighted by molar-refractivity contribution is -0.0697. The van der Waals surface area contributed by atoms with Gasteiger partial charge in [0.2, 0.25) is 0 Å². The van der Waals surface area contributed by atoms with Gasteiger partial charge in [-0.3, -0.25) is 11.3 Å². The number of nitrogens with two attached hydrogens (primary N) is 1. The summed E-state index contributed by atoms with van der Waals surface area (Å²) in [6.45, 7) is 8.30. The molecular formula is C8H19ClN2O. The van der Waals surface area contributed by atoms with Crippen LogP contribution >= 0.6 is 12.4 Å². The number of nitrogens with one attached hydrogen (secondary N) is 1. The number of hydrazine groups is 1. The van der Waals surface area contributed by atoms with Crippen molar-refractivity contribution in [2.75, 3.05) is 0 Å². The fourth-order valence-corrected chi connectivity index (χ4v) is 1.82. The first kappa shape index (κ1) is 12.2. The van der Waals surface area contributed by atoms with Gasteiger partial charge in [0.1, 0.15) is 0 Å². The van der Waals surface area contributed by atoms with E-state index in [2.05, 4.69) is 33.1 Å². The molecule has 12 heavy (non-hydrogen) atoms. The summed E-state index contributed by atoms with van der Waals surface area (Å²) < 4.78 is 5.80. The Bertz CT molecular complexity index is 159. The SMILES string of the molecule is CC1(C)CC(NN)C(C)(C)O1.Cl. The molecule has 1 unspecified atom stereocenters. The molecule has 0 bridgehead atoms. The molecule has 0 amide bonds. The third-order valence-electron chi connectivity index (χ3n) is 2.28. The van der Waals surface area contributed by atoms with E-state index < -0.39 is 0 Å². The Hall–Kier alpha value is 0.170. The van der Waals surface area contributed by atoms with Gasteiger partial charge in [-0.1, -0.05) is 0 Å². The minimum Gasteiger partial charge on any atom is -0.368 e. The number of hydrogen-bond donors (Lipinski definition) is 2. The molecule has 1 aliphatic heterocycles. The lowest BCUT2D eigenvalue weighted by Crippen LogP contribution is -2.46. The van der Waals surface area contributed by atoms with E-state index >= 15 is 0 Å². The zero-order chi connectivity index (χ0) is 8.70. The second-order valence-corrected chi connectivity index (χ2v) is 4.39. The van der Waals surface area contributed by atoms with Crippen LogP contribution in [0.25, 0.3) is 0 Å². The Morgan fingerprint density at radius 1 is 1.33 bits per heavy atom. The van der Waals surface area contributed by atoms with Crippen molar-refractivity contribution in [2.45, 2.75) is 51.4 Å². The third-order valence-corrected chi connectivity index (χ3v) is 2.28. The van der Waals surface area contributed by atoms with E-state index in [0.717, 1.165) is 6.42 Å². The fourth-order valence-electron chi connectivity index (χ4n) is 1.82. The van der Waals surface area contributed by atoms with Gasteiger partial charge in [0.05, 0.1) is 17.2 Å². The van der Waals surface area contributed by atoms with E-state index in [4.69, 9.17) is 10.6 Å². The molecule has 0 aromatic heterocycles. The number of hydrogen-bond acceptors (Lipinski definition) is 3. The normalized spacial score (nSPS) is 31.2. The van der Waals surface area contributed by atoms with Gasteiger partial charge in [-0.05, 0) is 34.1 Å². The molecule has 3 N–H and O–H groups in total. The second kappa shape index (κ2) is 3.50. The predicted molar refractivity (Wildman–Crippen MR) is 52.2 cm³/mol. The lowest BCUT2D eigenvalue weighted by Gasteiger charge is -2.26. The molecule has 0 aliphatic carbocycles. The maximum atomic E-state index is 5.80. The molecule has 1 aliphatic rings. The van der Waals surface area contributed by atoms with Crippen molar-refractivity contribution in [2.24, 2.45) is 5.84 Å². The van der Waals surface area contributed by atoms with Crippen molar-refractivity contribution in [3.05, 3.63) is 0 Å². The van der Waals surface area contributed by atoms with Gasteiger partial charge in [0.15, 0.2) is 0 Å². The highest BCUT2D eigenvalue weighted by Crippen LogP contribution is 2.36. The number of halogens is 1. The van der Waals surface area contributed by atoms with E-state index in [9.17, 15) is 0 Å². The summed E-state index contributed by atoms with van der Waals surface area (Å²) in [6.07, 6.45) is 0.969. The van der Waals surface area contributed by atoms with Crippen LogP contribution in [0.15, 0.2) is 0 Å². The summed E-state index contributed by atoms with van der Waals surface area (Å²) in [7, 11) is 0. The highest BCUT2D eigenvalue weighted by molar-refractivity contribution is 5.85. The van der Waals surface area contributed by atoms with Crippen molar-refractivity contribution in [3.63, 3.8) is 0 Å². The van der Waals surface area contributed by atoms with E-state index in [-0.39, 0.29) is 29.7 Å². The van der Waals surface area contributed by atoms with Crippen LogP contribution in [0.5, 0.6) is 0 Å². The van der Waals surface area contributed by atoms with Crippen molar-refractivity contribution < 1.29 is 4.74 Å². The summed E-state index contributed by atoms with van der Waals surface area (Å²) in [5.41, 5.74) is 2.60. The topological polar surface area (TPSA) is 47.3 Å². The molecule has 1 atom stereocenters. The van der Waals surface area contributed by atoms with Crippen LogP contribution in [0.3, 0.4) is 0 Å². The fraction of sp³-hybridized carbons (Fsp3) is 1.00. The molecule has 1 rings (SSSR count). The van der Waals surface area contributed by atoms with Gasteiger partial charge in [0.25, 0.3) is 0 Å². The van der Waals surface area contributed by atoms with Gasteiger partial charge < -0.3 is 4.74 Å². The van der Waals surface area contributed by atoms with E-state index in [1.165, 1.54) is 0 Å². The molecular weight excluding hydrogens is 176 g/mol. The van der Waals surface area contributed by atoms with Crippen LogP contribution in [0.4, 0.5) is 0 Å². The zero-order valence-corrected chi connectivity index (χ0v) is 8.99. The average Bonchev–Trinajstić information content (AvgIpc) is 1.99. The van der Waals surface area contributed by atoms with Crippen LogP contribution in [0, 0.1) is 0 Å². The molecule has 0 spiro atoms. The zero-order valence-electron chi connectivity index (χ0n) is 8.18. The second-order valence-electron chi connectivity index (χ2n) is 4.39. The van der Waals surface area contributed by atoms with Crippen molar-refractivity contribution >= 4 is 12.4 Å². The maximum absolute atomic E-state index is 5.80. The van der Waals surface area contributed by atoms with Crippen molar-refractivity contribution in [1.82, 2.24) is 5.43 Å². The van der Waals surface area contributed by atoms with Crippen LogP contribution in [-0.4, -0.2) is 17.2 Å². The standard InChI is InChI=1S/C8H18N2O.ClH/c1-7(2)5-6(10-9)8(3,4)11-7;/h6,10H,5,9H2,1-4H3;1H. The summed E-state index contributed by atoms with van der Waals surface area (Å²) in [4.78, 5) is 0. The van der Waals surface area contributed by atoms with Gasteiger partial charge >= 0.3 is 0 Å². The highest BCUT2D eigenvalue weighted by Gasteiger charge is 2.45. The summed E-state index contributed by atoms with van der Waals surface area (Å²) >= 11 is 0. The maximum Gasteiger partial charge on any atom is 0.0800 e. The van der Waals surface area contributed by atoms with Gasteiger partial charge in [-0.15, -0.1) is 12.4 Å². The highest BCUT2D eigenvalue weighted by atomic mass is 35.5. The molecule has 4 heteroatoms. The third kappa shape index (κ3) is 2.33. The number of ether oxygens (including phenoxy) is 1. The largest absolute Gasteiger partial charge is 0.368 e. The Labute approximate surface area is 80.4 Å². The molecule has 0 aromatic rings. The Morgan fingerprint density at radius 3 is 2.00 bits per heavy atom. The summed E-state index contributed by atoms with van der Waals surface area (Å²) in [5.74, 6) is 5.40. The average molecular weight is 195 g/mol.